The number of hydrogen-bond donors (Lipinski definition) is 0. The molecule has 0 aliphatic rings. The average molecular weight is 440 g/mol. The summed E-state index contributed by atoms with van der Waals surface area (Å²) in [7, 11) is 0. The number of benzene rings is 3. The molecule has 164 valence electrons. The Morgan fingerprint density at radius 2 is 1.55 bits per heavy atom. The Kier molecular flexibility index (Phi) is 5.22. The zero-order valence-electron chi connectivity index (χ0n) is 18.0. The summed E-state index contributed by atoms with van der Waals surface area (Å²) in [4.78, 5) is 31.5. The molecule has 7 heteroatoms. The first-order valence-corrected chi connectivity index (χ1v) is 10.6. The molecule has 3 aromatic carbocycles. The molecule has 0 spiro atoms. The second-order valence-corrected chi connectivity index (χ2v) is 7.94. The first-order chi connectivity index (χ1) is 16.0. The van der Waals surface area contributed by atoms with Gasteiger partial charge in [0.15, 0.2) is 11.2 Å². The van der Waals surface area contributed by atoms with Gasteiger partial charge in [-0.25, -0.2) is 18.7 Å². The molecule has 0 unspecified atom stereocenters. The molecule has 5 aromatic rings. The van der Waals surface area contributed by atoms with Crippen molar-refractivity contribution in [3.63, 3.8) is 0 Å². The SMILES string of the molecule is Cc1ccccc1Cn1cnc2c1c(=O)n(Cc1ccccc1)c(=O)n2-c1ccc(F)cc1. The van der Waals surface area contributed by atoms with Crippen molar-refractivity contribution in [1.82, 2.24) is 18.7 Å². The molecule has 0 radical (unpaired) electrons. The highest BCUT2D eigenvalue weighted by Gasteiger charge is 2.20. The summed E-state index contributed by atoms with van der Waals surface area (Å²) in [5.41, 5.74) is 3.03. The number of halogens is 1. The van der Waals surface area contributed by atoms with Crippen LogP contribution in [0.3, 0.4) is 0 Å². The fourth-order valence-corrected chi connectivity index (χ4v) is 4.00. The molecular formula is C26H21FN4O2. The van der Waals surface area contributed by atoms with Crippen LogP contribution in [0.15, 0.2) is 94.8 Å². The third-order valence-corrected chi connectivity index (χ3v) is 5.77. The van der Waals surface area contributed by atoms with E-state index in [2.05, 4.69) is 4.98 Å². The van der Waals surface area contributed by atoms with E-state index in [9.17, 15) is 14.0 Å². The minimum Gasteiger partial charge on any atom is -0.320 e. The van der Waals surface area contributed by atoms with Gasteiger partial charge in [-0.05, 0) is 47.9 Å². The summed E-state index contributed by atoms with van der Waals surface area (Å²) in [6.07, 6.45) is 1.57. The van der Waals surface area contributed by atoms with E-state index in [4.69, 9.17) is 0 Å². The summed E-state index contributed by atoms with van der Waals surface area (Å²) >= 11 is 0. The molecule has 33 heavy (non-hydrogen) atoms. The van der Waals surface area contributed by atoms with Gasteiger partial charge in [0.2, 0.25) is 0 Å². The van der Waals surface area contributed by atoms with Crippen molar-refractivity contribution in [1.29, 1.82) is 0 Å². The maximum atomic E-state index is 13.6. The van der Waals surface area contributed by atoms with Crippen LogP contribution in [0.25, 0.3) is 16.9 Å². The number of nitrogens with zero attached hydrogens (tertiary/aromatic N) is 4. The van der Waals surface area contributed by atoms with Gasteiger partial charge in [-0.1, -0.05) is 54.6 Å². The van der Waals surface area contributed by atoms with Crippen molar-refractivity contribution in [3.05, 3.63) is 129 Å². The summed E-state index contributed by atoms with van der Waals surface area (Å²) in [6.45, 7) is 2.56. The van der Waals surface area contributed by atoms with Crippen molar-refractivity contribution in [2.45, 2.75) is 20.0 Å². The van der Waals surface area contributed by atoms with Crippen LogP contribution in [-0.2, 0) is 13.1 Å². The van der Waals surface area contributed by atoms with Crippen molar-refractivity contribution < 1.29 is 4.39 Å². The lowest BCUT2D eigenvalue weighted by molar-refractivity contribution is 0.626. The molecule has 0 aliphatic carbocycles. The second kappa shape index (κ2) is 8.35. The Morgan fingerprint density at radius 1 is 0.848 bits per heavy atom. The number of fused-ring (bicyclic) bond motifs is 1. The predicted molar refractivity (Wildman–Crippen MR) is 125 cm³/mol. The molecule has 0 fully saturated rings. The average Bonchev–Trinajstić information content (AvgIpc) is 3.23. The standard InChI is InChI=1S/C26H21FN4O2/c1-18-7-5-6-10-20(18)16-29-17-28-24-23(29)25(32)30(15-19-8-3-2-4-9-19)26(33)31(24)22-13-11-21(27)12-14-22/h2-14,17H,15-16H2,1H3. The molecule has 2 aromatic heterocycles. The van der Waals surface area contributed by atoms with Crippen molar-refractivity contribution in [2.75, 3.05) is 0 Å². The molecule has 0 bridgehead atoms. The molecule has 0 atom stereocenters. The van der Waals surface area contributed by atoms with Gasteiger partial charge in [-0.15, -0.1) is 0 Å². The topological polar surface area (TPSA) is 61.8 Å². The summed E-state index contributed by atoms with van der Waals surface area (Å²) < 4.78 is 17.9. The van der Waals surface area contributed by atoms with E-state index in [1.165, 1.54) is 33.4 Å². The van der Waals surface area contributed by atoms with Crippen LogP contribution in [0.5, 0.6) is 0 Å². The highest BCUT2D eigenvalue weighted by Crippen LogP contribution is 2.17. The summed E-state index contributed by atoms with van der Waals surface area (Å²) in [5, 5.41) is 0. The maximum absolute atomic E-state index is 13.6. The largest absolute Gasteiger partial charge is 0.337 e. The molecule has 6 nitrogen and oxygen atoms in total. The van der Waals surface area contributed by atoms with Crippen molar-refractivity contribution in [3.8, 4) is 5.69 Å². The van der Waals surface area contributed by atoms with Gasteiger partial charge in [0.1, 0.15) is 5.82 Å². The zero-order chi connectivity index (χ0) is 22.9. The van der Waals surface area contributed by atoms with Gasteiger partial charge in [0, 0.05) is 6.54 Å². The normalized spacial score (nSPS) is 11.2. The van der Waals surface area contributed by atoms with E-state index in [0.29, 0.717) is 17.7 Å². The summed E-state index contributed by atoms with van der Waals surface area (Å²) in [5.74, 6) is -0.411. The lowest BCUT2D eigenvalue weighted by Crippen LogP contribution is -2.40. The molecule has 0 saturated carbocycles. The van der Waals surface area contributed by atoms with Crippen LogP contribution in [0.2, 0.25) is 0 Å². The molecular weight excluding hydrogens is 419 g/mol. The maximum Gasteiger partial charge on any atom is 0.337 e. The molecule has 2 heterocycles. The minimum absolute atomic E-state index is 0.116. The second-order valence-electron chi connectivity index (χ2n) is 7.94. The van der Waals surface area contributed by atoms with Gasteiger partial charge < -0.3 is 4.57 Å². The van der Waals surface area contributed by atoms with Gasteiger partial charge in [0.05, 0.1) is 18.6 Å². The fourth-order valence-electron chi connectivity index (χ4n) is 4.00. The van der Waals surface area contributed by atoms with Gasteiger partial charge in [-0.2, -0.15) is 0 Å². The Balaban J connectivity index is 1.77. The first kappa shape index (κ1) is 20.6. The molecule has 0 N–H and O–H groups in total. The molecule has 5 rings (SSSR count). The summed E-state index contributed by atoms with van der Waals surface area (Å²) in [6, 6.07) is 22.8. The van der Waals surface area contributed by atoms with E-state index >= 15 is 0 Å². The number of aryl methyl sites for hydroxylation is 1. The van der Waals surface area contributed by atoms with E-state index in [1.807, 2.05) is 61.5 Å². The smallest absolute Gasteiger partial charge is 0.320 e. The monoisotopic (exact) mass is 440 g/mol. The number of rotatable bonds is 5. The Morgan fingerprint density at radius 3 is 2.27 bits per heavy atom. The lowest BCUT2D eigenvalue weighted by atomic mass is 10.1. The predicted octanol–water partition coefficient (Wildman–Crippen LogP) is 3.89. The van der Waals surface area contributed by atoms with Crippen LogP contribution in [-0.4, -0.2) is 18.7 Å². The van der Waals surface area contributed by atoms with E-state index in [0.717, 1.165) is 16.7 Å². The molecule has 0 aliphatic heterocycles. The quantitative estimate of drug-likeness (QED) is 0.417. The van der Waals surface area contributed by atoms with Crippen LogP contribution >= 0.6 is 0 Å². The lowest BCUT2D eigenvalue weighted by Gasteiger charge is -2.13. The fraction of sp³-hybridized carbons (Fsp3) is 0.115. The zero-order valence-corrected chi connectivity index (χ0v) is 18.0. The first-order valence-electron chi connectivity index (χ1n) is 10.6. The van der Waals surface area contributed by atoms with Crippen LogP contribution in [0.1, 0.15) is 16.7 Å². The molecule has 0 amide bonds. The van der Waals surface area contributed by atoms with Crippen molar-refractivity contribution >= 4 is 11.2 Å². The van der Waals surface area contributed by atoms with E-state index < -0.39 is 17.1 Å². The highest BCUT2D eigenvalue weighted by molar-refractivity contribution is 5.72. The van der Waals surface area contributed by atoms with Gasteiger partial charge >= 0.3 is 5.69 Å². The van der Waals surface area contributed by atoms with Crippen LogP contribution < -0.4 is 11.2 Å². The van der Waals surface area contributed by atoms with E-state index in [1.54, 1.807) is 10.9 Å². The van der Waals surface area contributed by atoms with Gasteiger partial charge in [0.25, 0.3) is 5.56 Å². The number of hydrogen-bond acceptors (Lipinski definition) is 3. The van der Waals surface area contributed by atoms with Crippen LogP contribution in [0.4, 0.5) is 4.39 Å². The minimum atomic E-state index is -0.524. The Hall–Kier alpha value is -4.26. The highest BCUT2D eigenvalue weighted by atomic mass is 19.1. The third kappa shape index (κ3) is 3.78. The van der Waals surface area contributed by atoms with Gasteiger partial charge in [-0.3, -0.25) is 9.36 Å². The number of imidazole rings is 1. The Bertz CT molecular complexity index is 1560. The third-order valence-electron chi connectivity index (χ3n) is 5.77. The van der Waals surface area contributed by atoms with Crippen molar-refractivity contribution in [2.24, 2.45) is 0 Å². The van der Waals surface area contributed by atoms with Crippen LogP contribution in [0, 0.1) is 12.7 Å². The number of aromatic nitrogens is 4. The van der Waals surface area contributed by atoms with E-state index in [-0.39, 0.29) is 12.2 Å². The Labute approximate surface area is 188 Å². The molecule has 0 saturated heterocycles.